The number of aliphatic carboxylic acids is 1. The van der Waals surface area contributed by atoms with Crippen molar-refractivity contribution in [3.63, 3.8) is 0 Å². The summed E-state index contributed by atoms with van der Waals surface area (Å²) in [6.45, 7) is 1.60. The number of nitrogens with zero attached hydrogens (tertiary/aromatic N) is 1. The lowest BCUT2D eigenvalue weighted by Gasteiger charge is -2.11. The smallest absolute Gasteiger partial charge is 0.315 e. The summed E-state index contributed by atoms with van der Waals surface area (Å²) in [7, 11) is 1.66. The molecular weight excluding hydrogens is 202 g/mol. The van der Waals surface area contributed by atoms with E-state index in [-0.39, 0.29) is 5.91 Å². The minimum atomic E-state index is -1.21. The molecule has 0 saturated carbocycles. The first-order chi connectivity index (χ1) is 6.91. The molecule has 0 aromatic heterocycles. The molecule has 15 heavy (non-hydrogen) atoms. The quantitative estimate of drug-likeness (QED) is 0.481. The predicted octanol–water partition coefficient (Wildman–Crippen LogP) is -1.83. The lowest BCUT2D eigenvalue weighted by molar-refractivity contribution is -0.146. The third kappa shape index (κ3) is 2.66. The molecule has 7 heteroatoms. The van der Waals surface area contributed by atoms with Gasteiger partial charge in [0.1, 0.15) is 12.0 Å². The van der Waals surface area contributed by atoms with Gasteiger partial charge in [0, 0.05) is 13.6 Å². The molecule has 0 aromatic rings. The largest absolute Gasteiger partial charge is 0.481 e. The van der Waals surface area contributed by atoms with E-state index < -0.39 is 23.8 Å². The number of carbonyl (C=O) groups is 3. The molecule has 1 aliphatic rings. The van der Waals surface area contributed by atoms with Crippen molar-refractivity contribution in [2.24, 2.45) is 5.92 Å². The molecule has 1 rings (SSSR count). The maximum atomic E-state index is 11.3. The van der Waals surface area contributed by atoms with E-state index in [0.29, 0.717) is 6.54 Å². The highest BCUT2D eigenvalue weighted by atomic mass is 16.4. The number of nitrogens with one attached hydrogen (secondary N) is 2. The van der Waals surface area contributed by atoms with E-state index in [2.05, 4.69) is 10.7 Å². The van der Waals surface area contributed by atoms with Crippen molar-refractivity contribution in [1.82, 2.24) is 15.8 Å². The van der Waals surface area contributed by atoms with Crippen LogP contribution in [0.5, 0.6) is 0 Å². The molecule has 84 valence electrons. The summed E-state index contributed by atoms with van der Waals surface area (Å²) in [5.74, 6) is -3.34. The lowest BCUT2D eigenvalue weighted by Crippen LogP contribution is -2.45. The van der Waals surface area contributed by atoms with Crippen LogP contribution in [0.2, 0.25) is 0 Å². The SMILES string of the molecule is CC(C(=O)O)C(=O)NC1CN(C)NC1=O. The van der Waals surface area contributed by atoms with Crippen molar-refractivity contribution < 1.29 is 19.5 Å². The molecule has 2 unspecified atom stereocenters. The second kappa shape index (κ2) is 4.26. The molecule has 0 spiro atoms. The highest BCUT2D eigenvalue weighted by Crippen LogP contribution is 2.00. The van der Waals surface area contributed by atoms with Gasteiger partial charge in [-0.3, -0.25) is 19.8 Å². The van der Waals surface area contributed by atoms with Gasteiger partial charge in [-0.25, -0.2) is 5.01 Å². The number of hydrazine groups is 1. The second-order valence-electron chi connectivity index (χ2n) is 3.48. The van der Waals surface area contributed by atoms with E-state index in [1.807, 2.05) is 0 Å². The highest BCUT2D eigenvalue weighted by Gasteiger charge is 2.32. The Morgan fingerprint density at radius 3 is 2.67 bits per heavy atom. The Balaban J connectivity index is 2.52. The Bertz CT molecular complexity index is 304. The van der Waals surface area contributed by atoms with Crippen LogP contribution in [0.15, 0.2) is 0 Å². The van der Waals surface area contributed by atoms with Crippen molar-refractivity contribution in [2.45, 2.75) is 13.0 Å². The highest BCUT2D eigenvalue weighted by molar-refractivity contribution is 5.98. The average Bonchev–Trinajstić information content (AvgIpc) is 2.43. The molecule has 3 N–H and O–H groups in total. The molecule has 2 atom stereocenters. The molecule has 0 aromatic carbocycles. The van der Waals surface area contributed by atoms with Crippen LogP contribution in [0.25, 0.3) is 0 Å². The van der Waals surface area contributed by atoms with Crippen LogP contribution in [-0.2, 0) is 14.4 Å². The Hall–Kier alpha value is -1.63. The van der Waals surface area contributed by atoms with Gasteiger partial charge in [0.15, 0.2) is 0 Å². The fraction of sp³-hybridized carbons (Fsp3) is 0.625. The third-order valence-corrected chi connectivity index (χ3v) is 2.15. The van der Waals surface area contributed by atoms with Gasteiger partial charge in [-0.1, -0.05) is 0 Å². The Kier molecular flexibility index (Phi) is 3.25. The molecule has 1 heterocycles. The molecule has 0 radical (unpaired) electrons. The van der Waals surface area contributed by atoms with Crippen LogP contribution in [0.3, 0.4) is 0 Å². The van der Waals surface area contributed by atoms with Crippen LogP contribution < -0.4 is 10.7 Å². The van der Waals surface area contributed by atoms with Crippen LogP contribution in [0, 0.1) is 5.92 Å². The zero-order valence-electron chi connectivity index (χ0n) is 8.48. The van der Waals surface area contributed by atoms with E-state index in [4.69, 9.17) is 5.11 Å². The molecule has 2 amide bonds. The molecule has 7 nitrogen and oxygen atoms in total. The molecule has 1 saturated heterocycles. The van der Waals surface area contributed by atoms with Gasteiger partial charge < -0.3 is 10.4 Å². The first kappa shape index (κ1) is 11.4. The summed E-state index contributed by atoms with van der Waals surface area (Å²) in [4.78, 5) is 33.0. The van der Waals surface area contributed by atoms with E-state index in [1.165, 1.54) is 11.9 Å². The van der Waals surface area contributed by atoms with E-state index >= 15 is 0 Å². The second-order valence-corrected chi connectivity index (χ2v) is 3.48. The summed E-state index contributed by atoms with van der Waals surface area (Å²) < 4.78 is 0. The predicted molar refractivity (Wildman–Crippen MR) is 49.5 cm³/mol. The van der Waals surface area contributed by atoms with E-state index in [1.54, 1.807) is 7.05 Å². The summed E-state index contributed by atoms with van der Waals surface area (Å²) in [6.07, 6.45) is 0. The minimum Gasteiger partial charge on any atom is -0.481 e. The summed E-state index contributed by atoms with van der Waals surface area (Å²) >= 11 is 0. The van der Waals surface area contributed by atoms with Crippen LogP contribution in [0.4, 0.5) is 0 Å². The van der Waals surface area contributed by atoms with Crippen molar-refractivity contribution in [1.29, 1.82) is 0 Å². The third-order valence-electron chi connectivity index (χ3n) is 2.15. The van der Waals surface area contributed by atoms with Gasteiger partial charge in [0.2, 0.25) is 5.91 Å². The Labute approximate surface area is 86.4 Å². The maximum Gasteiger partial charge on any atom is 0.315 e. The number of hydrogen-bond donors (Lipinski definition) is 3. The van der Waals surface area contributed by atoms with Crippen molar-refractivity contribution in [3.05, 3.63) is 0 Å². The fourth-order valence-corrected chi connectivity index (χ4v) is 1.19. The Morgan fingerprint density at radius 2 is 2.27 bits per heavy atom. The molecule has 1 aliphatic heterocycles. The van der Waals surface area contributed by atoms with Crippen LogP contribution >= 0.6 is 0 Å². The number of rotatable bonds is 3. The van der Waals surface area contributed by atoms with Gasteiger partial charge in [-0.15, -0.1) is 0 Å². The first-order valence-corrected chi connectivity index (χ1v) is 4.46. The Morgan fingerprint density at radius 1 is 1.67 bits per heavy atom. The monoisotopic (exact) mass is 215 g/mol. The summed E-state index contributed by atoms with van der Waals surface area (Å²) in [5, 5.41) is 12.5. The van der Waals surface area contributed by atoms with E-state index in [0.717, 1.165) is 0 Å². The zero-order valence-corrected chi connectivity index (χ0v) is 8.48. The molecule has 0 bridgehead atoms. The fourth-order valence-electron chi connectivity index (χ4n) is 1.19. The number of carboxylic acid groups (broad SMARTS) is 1. The zero-order chi connectivity index (χ0) is 11.6. The number of amides is 2. The normalized spacial score (nSPS) is 23.3. The first-order valence-electron chi connectivity index (χ1n) is 4.46. The van der Waals surface area contributed by atoms with Crippen molar-refractivity contribution in [3.8, 4) is 0 Å². The maximum absolute atomic E-state index is 11.3. The van der Waals surface area contributed by atoms with E-state index in [9.17, 15) is 14.4 Å². The molecule has 1 fully saturated rings. The summed E-state index contributed by atoms with van der Waals surface area (Å²) in [6, 6.07) is -0.677. The number of carbonyl (C=O) groups excluding carboxylic acids is 2. The van der Waals surface area contributed by atoms with Crippen LogP contribution in [-0.4, -0.2) is 47.5 Å². The topological polar surface area (TPSA) is 98.7 Å². The van der Waals surface area contributed by atoms with Gasteiger partial charge >= 0.3 is 5.97 Å². The lowest BCUT2D eigenvalue weighted by atomic mass is 10.1. The average molecular weight is 215 g/mol. The molecular formula is C8H13N3O4. The summed E-state index contributed by atoms with van der Waals surface area (Å²) in [5.41, 5.74) is 2.47. The number of carboxylic acids is 1. The number of likely N-dealkylation sites (N-methyl/N-ethyl adjacent to an activating group) is 1. The van der Waals surface area contributed by atoms with Crippen LogP contribution in [0.1, 0.15) is 6.92 Å². The minimum absolute atomic E-state index is 0.330. The van der Waals surface area contributed by atoms with Gasteiger partial charge in [0.05, 0.1) is 0 Å². The van der Waals surface area contributed by atoms with Gasteiger partial charge in [0.25, 0.3) is 5.91 Å². The van der Waals surface area contributed by atoms with Crippen molar-refractivity contribution in [2.75, 3.05) is 13.6 Å². The number of hydrogen-bond acceptors (Lipinski definition) is 4. The van der Waals surface area contributed by atoms with Gasteiger partial charge in [-0.05, 0) is 6.92 Å². The standard InChI is InChI=1S/C8H13N3O4/c1-4(8(14)15)6(12)9-5-3-11(2)10-7(5)13/h4-5H,3H2,1-2H3,(H,9,12)(H,10,13)(H,14,15). The van der Waals surface area contributed by atoms with Crippen molar-refractivity contribution >= 4 is 17.8 Å². The molecule has 0 aliphatic carbocycles. The van der Waals surface area contributed by atoms with Gasteiger partial charge in [-0.2, -0.15) is 0 Å².